The van der Waals surface area contributed by atoms with Gasteiger partial charge in [-0.05, 0) is 69.0 Å². The van der Waals surface area contributed by atoms with Crippen LogP contribution in [0.25, 0.3) is 10.2 Å². The van der Waals surface area contributed by atoms with Gasteiger partial charge in [0, 0.05) is 18.7 Å². The van der Waals surface area contributed by atoms with Gasteiger partial charge in [-0.2, -0.15) is 9.30 Å². The third-order valence-corrected chi connectivity index (χ3v) is 9.19. The van der Waals surface area contributed by atoms with Crippen LogP contribution < -0.4 is 9.54 Å². The molecule has 1 aliphatic rings. The van der Waals surface area contributed by atoms with Crippen LogP contribution in [0.4, 0.5) is 0 Å². The number of rotatable bonds is 8. The van der Waals surface area contributed by atoms with Crippen molar-refractivity contribution >= 4 is 43.5 Å². The van der Waals surface area contributed by atoms with E-state index in [4.69, 9.17) is 9.47 Å². The summed E-state index contributed by atoms with van der Waals surface area (Å²) in [6, 6.07) is 11.3. The molecule has 0 bridgehead atoms. The smallest absolute Gasteiger partial charge is 0.326 e. The number of hydrogen-bond donors (Lipinski definition) is 0. The van der Waals surface area contributed by atoms with Gasteiger partial charge in [-0.25, -0.2) is 8.42 Å². The van der Waals surface area contributed by atoms with E-state index in [9.17, 15) is 18.0 Å². The van der Waals surface area contributed by atoms with E-state index in [0.29, 0.717) is 41.7 Å². The maximum Gasteiger partial charge on any atom is 0.326 e. The Kier molecular flexibility index (Phi) is 8.46. The lowest BCUT2D eigenvalue weighted by molar-refractivity contribution is -0.143. The third kappa shape index (κ3) is 5.94. The number of hydrogen-bond acceptors (Lipinski definition) is 7. The lowest BCUT2D eigenvalue weighted by atomic mass is 10.0. The molecule has 0 spiro atoms. The Morgan fingerprint density at radius 1 is 1.05 bits per heavy atom. The minimum absolute atomic E-state index is 0.129. The van der Waals surface area contributed by atoms with Crippen LogP contribution in [0.3, 0.4) is 0 Å². The van der Waals surface area contributed by atoms with Crippen molar-refractivity contribution in [2.75, 3.05) is 26.3 Å². The van der Waals surface area contributed by atoms with E-state index in [2.05, 4.69) is 11.9 Å². The van der Waals surface area contributed by atoms with Crippen molar-refractivity contribution in [3.05, 3.63) is 52.8 Å². The van der Waals surface area contributed by atoms with Gasteiger partial charge in [0.25, 0.3) is 5.91 Å². The van der Waals surface area contributed by atoms with Gasteiger partial charge in [-0.1, -0.05) is 24.3 Å². The third-order valence-electron chi connectivity index (χ3n) is 6.24. The zero-order chi connectivity index (χ0) is 26.6. The highest BCUT2D eigenvalue weighted by Crippen LogP contribution is 2.28. The van der Waals surface area contributed by atoms with Crippen LogP contribution in [-0.2, 0) is 26.1 Å². The number of ether oxygens (including phenoxy) is 2. The number of sulfonamides is 1. The highest BCUT2D eigenvalue weighted by atomic mass is 32.2. The highest BCUT2D eigenvalue weighted by Gasteiger charge is 2.28. The number of piperidine rings is 1. The summed E-state index contributed by atoms with van der Waals surface area (Å²) in [6.45, 7) is 7.25. The number of thiazole rings is 1. The predicted octanol–water partition coefficient (Wildman–Crippen LogP) is 3.83. The van der Waals surface area contributed by atoms with E-state index in [1.54, 1.807) is 17.6 Å². The molecule has 1 saturated heterocycles. The molecule has 0 unspecified atom stereocenters. The van der Waals surface area contributed by atoms with Crippen LogP contribution >= 0.6 is 11.3 Å². The van der Waals surface area contributed by atoms with E-state index >= 15 is 0 Å². The highest BCUT2D eigenvalue weighted by molar-refractivity contribution is 7.89. The Bertz CT molecular complexity index is 1450. The Labute approximate surface area is 220 Å². The number of carbonyl (C=O) groups excluding carboxylic acids is 2. The predicted molar refractivity (Wildman–Crippen MR) is 141 cm³/mol. The molecule has 1 fully saturated rings. The van der Waals surface area contributed by atoms with Crippen LogP contribution in [0.2, 0.25) is 0 Å². The van der Waals surface area contributed by atoms with Gasteiger partial charge < -0.3 is 14.0 Å². The summed E-state index contributed by atoms with van der Waals surface area (Å²) in [5.41, 5.74) is 0.905. The molecule has 37 heavy (non-hydrogen) atoms. The zero-order valence-corrected chi connectivity index (χ0v) is 22.8. The van der Waals surface area contributed by atoms with Crippen LogP contribution in [0.5, 0.6) is 5.75 Å². The van der Waals surface area contributed by atoms with Crippen molar-refractivity contribution in [1.29, 1.82) is 0 Å². The zero-order valence-electron chi connectivity index (χ0n) is 21.2. The minimum atomic E-state index is -3.62. The number of nitrogens with zero attached hydrogens (tertiary/aromatic N) is 3. The molecule has 2 heterocycles. The van der Waals surface area contributed by atoms with E-state index < -0.39 is 21.9 Å². The first kappa shape index (κ1) is 27.0. The molecule has 0 aliphatic carbocycles. The van der Waals surface area contributed by atoms with Gasteiger partial charge >= 0.3 is 5.97 Å². The molecular weight excluding hydrogens is 514 g/mol. The van der Waals surface area contributed by atoms with E-state index in [1.807, 2.05) is 19.1 Å². The average Bonchev–Trinajstić information content (AvgIpc) is 3.22. The summed E-state index contributed by atoms with van der Waals surface area (Å²) >= 11 is 1.26. The molecule has 4 rings (SSSR count). The van der Waals surface area contributed by atoms with Gasteiger partial charge in [0.2, 0.25) is 10.0 Å². The number of benzene rings is 2. The summed E-state index contributed by atoms with van der Waals surface area (Å²) in [5, 5.41) is 0. The lowest BCUT2D eigenvalue weighted by Gasteiger charge is -2.29. The molecule has 1 amide bonds. The van der Waals surface area contributed by atoms with Crippen LogP contribution in [-0.4, -0.2) is 55.5 Å². The van der Waals surface area contributed by atoms with Gasteiger partial charge in [0.15, 0.2) is 4.80 Å². The molecule has 0 saturated carbocycles. The molecule has 1 aromatic heterocycles. The van der Waals surface area contributed by atoms with Gasteiger partial charge in [0.1, 0.15) is 17.8 Å². The molecule has 0 atom stereocenters. The normalized spacial score (nSPS) is 15.7. The van der Waals surface area contributed by atoms with Crippen molar-refractivity contribution < 1.29 is 27.5 Å². The standard InChI is InChI=1S/C26H31N3O6S2/c1-4-34-21-7-6-8-22-24(21)29(17-23(30)35-5-2)26(36-22)27-25(31)19-9-11-20(12-10-19)37(32,33)28-15-13-18(3)14-16-28/h6-12,18H,4-5,13-17H2,1-3H3. The van der Waals surface area contributed by atoms with E-state index in [0.717, 1.165) is 17.5 Å². The second-order valence-electron chi connectivity index (χ2n) is 8.84. The first-order chi connectivity index (χ1) is 17.7. The topological polar surface area (TPSA) is 107 Å². The molecule has 0 N–H and O–H groups in total. The number of esters is 1. The van der Waals surface area contributed by atoms with Crippen molar-refractivity contribution in [3.8, 4) is 5.75 Å². The minimum Gasteiger partial charge on any atom is -0.492 e. The Hall–Kier alpha value is -3.02. The number of amides is 1. The maximum atomic E-state index is 13.1. The summed E-state index contributed by atoms with van der Waals surface area (Å²) in [5.74, 6) is 0.0937. The molecule has 198 valence electrons. The van der Waals surface area contributed by atoms with E-state index in [-0.39, 0.29) is 23.6 Å². The summed E-state index contributed by atoms with van der Waals surface area (Å²) in [7, 11) is -3.62. The number of fused-ring (bicyclic) bond motifs is 1. The first-order valence-corrected chi connectivity index (χ1v) is 14.6. The molecule has 2 aromatic carbocycles. The molecule has 0 radical (unpaired) electrons. The Morgan fingerprint density at radius 3 is 2.41 bits per heavy atom. The average molecular weight is 546 g/mol. The maximum absolute atomic E-state index is 13.1. The quantitative estimate of drug-likeness (QED) is 0.398. The summed E-state index contributed by atoms with van der Waals surface area (Å²) in [6.07, 6.45) is 1.67. The van der Waals surface area contributed by atoms with Gasteiger partial charge in [-0.3, -0.25) is 9.59 Å². The molecular formula is C26H31N3O6S2. The van der Waals surface area contributed by atoms with Crippen LogP contribution in [0, 0.1) is 5.92 Å². The van der Waals surface area contributed by atoms with Crippen LogP contribution in [0.1, 0.15) is 44.0 Å². The molecule has 1 aliphatic heterocycles. The summed E-state index contributed by atoms with van der Waals surface area (Å²) in [4.78, 5) is 30.2. The fourth-order valence-electron chi connectivity index (χ4n) is 4.23. The second-order valence-corrected chi connectivity index (χ2v) is 11.8. The molecule has 3 aromatic rings. The second kappa shape index (κ2) is 11.6. The van der Waals surface area contributed by atoms with Crippen molar-refractivity contribution in [3.63, 3.8) is 0 Å². The van der Waals surface area contributed by atoms with Gasteiger partial charge in [0.05, 0.1) is 22.8 Å². The summed E-state index contributed by atoms with van der Waals surface area (Å²) < 4.78 is 40.8. The monoisotopic (exact) mass is 545 g/mol. The van der Waals surface area contributed by atoms with Crippen LogP contribution in [0.15, 0.2) is 52.4 Å². The Balaban J connectivity index is 1.67. The SMILES string of the molecule is CCOC(=O)Cn1c(=NC(=O)c2ccc(S(=O)(=O)N3CCC(C)CC3)cc2)sc2cccc(OCC)c21. The largest absolute Gasteiger partial charge is 0.492 e. The van der Waals surface area contributed by atoms with Crippen molar-refractivity contribution in [1.82, 2.24) is 8.87 Å². The number of aromatic nitrogens is 1. The van der Waals surface area contributed by atoms with Crippen molar-refractivity contribution in [2.45, 2.75) is 45.1 Å². The van der Waals surface area contributed by atoms with Crippen molar-refractivity contribution in [2.24, 2.45) is 10.9 Å². The number of para-hydroxylation sites is 1. The van der Waals surface area contributed by atoms with E-state index in [1.165, 1.54) is 39.9 Å². The molecule has 11 heteroatoms. The van der Waals surface area contributed by atoms with Gasteiger partial charge in [-0.15, -0.1) is 0 Å². The first-order valence-electron chi connectivity index (χ1n) is 12.3. The molecule has 9 nitrogen and oxygen atoms in total. The lowest BCUT2D eigenvalue weighted by Crippen LogP contribution is -2.37. The Morgan fingerprint density at radius 2 is 1.76 bits per heavy atom. The fourth-order valence-corrected chi connectivity index (χ4v) is 6.75. The number of carbonyl (C=O) groups is 2. The fraction of sp³-hybridized carbons (Fsp3) is 0.423.